The average molecular weight is 465 g/mol. The van der Waals surface area contributed by atoms with E-state index in [1.54, 1.807) is 42.5 Å². The number of hydrogen-bond acceptors (Lipinski definition) is 3. The van der Waals surface area contributed by atoms with Crippen molar-refractivity contribution in [1.82, 2.24) is 0 Å². The zero-order chi connectivity index (χ0) is 23.5. The summed E-state index contributed by atoms with van der Waals surface area (Å²) in [6, 6.07) is 19.5. The summed E-state index contributed by atoms with van der Waals surface area (Å²) in [5, 5.41) is 13.3. The van der Waals surface area contributed by atoms with Crippen LogP contribution >= 0.6 is 12.4 Å². The summed E-state index contributed by atoms with van der Waals surface area (Å²) in [6.45, 7) is 8.28. The number of nitrogens with two attached hydrogens (primary N) is 1. The van der Waals surface area contributed by atoms with Crippen molar-refractivity contribution in [2.75, 3.05) is 10.6 Å². The average Bonchev–Trinajstić information content (AvgIpc) is 2.75. The molecule has 7 heteroatoms. The van der Waals surface area contributed by atoms with Crippen LogP contribution in [0.3, 0.4) is 0 Å². The highest BCUT2D eigenvalue weighted by Gasteiger charge is 2.16. The summed E-state index contributed by atoms with van der Waals surface area (Å²) in [5.41, 5.74) is 9.97. The summed E-state index contributed by atoms with van der Waals surface area (Å²) in [7, 11) is 0. The first-order chi connectivity index (χ1) is 15.0. The number of nitrogens with one attached hydrogen (secondary N) is 3. The number of halogens is 1. The van der Waals surface area contributed by atoms with Crippen LogP contribution in [0.4, 0.5) is 11.4 Å². The molecule has 5 N–H and O–H groups in total. The van der Waals surface area contributed by atoms with Gasteiger partial charge in [0.1, 0.15) is 5.84 Å². The van der Waals surface area contributed by atoms with Crippen molar-refractivity contribution >= 4 is 41.4 Å². The quantitative estimate of drug-likeness (QED) is 0.295. The van der Waals surface area contributed by atoms with E-state index in [4.69, 9.17) is 11.1 Å². The Morgan fingerprint density at radius 2 is 1.36 bits per heavy atom. The third-order valence-corrected chi connectivity index (χ3v) is 5.12. The largest absolute Gasteiger partial charge is 0.384 e. The minimum Gasteiger partial charge on any atom is -0.384 e. The molecule has 0 saturated carbocycles. The topological polar surface area (TPSA) is 108 Å². The maximum atomic E-state index is 12.9. The van der Waals surface area contributed by atoms with Gasteiger partial charge in [0.25, 0.3) is 11.8 Å². The number of anilines is 2. The van der Waals surface area contributed by atoms with Gasteiger partial charge in [-0.15, -0.1) is 12.4 Å². The van der Waals surface area contributed by atoms with E-state index >= 15 is 0 Å². The molecular formula is C26H29ClN4O2. The molecule has 0 unspecified atom stereocenters. The molecule has 0 heterocycles. The van der Waals surface area contributed by atoms with E-state index < -0.39 is 0 Å². The van der Waals surface area contributed by atoms with Gasteiger partial charge in [0.15, 0.2) is 0 Å². The minimum atomic E-state index is -0.359. The summed E-state index contributed by atoms with van der Waals surface area (Å²) in [5.74, 6) is -0.729. The molecule has 0 aromatic heterocycles. The normalized spacial score (nSPS) is 10.7. The van der Waals surface area contributed by atoms with Gasteiger partial charge in [-0.3, -0.25) is 15.0 Å². The first kappa shape index (κ1) is 25.6. The van der Waals surface area contributed by atoms with Gasteiger partial charge in [-0.05, 0) is 59.9 Å². The van der Waals surface area contributed by atoms with Gasteiger partial charge in [0.2, 0.25) is 0 Å². The molecule has 0 saturated heterocycles. The maximum Gasteiger partial charge on any atom is 0.255 e. The fourth-order valence-corrected chi connectivity index (χ4v) is 3.21. The van der Waals surface area contributed by atoms with E-state index in [0.717, 1.165) is 11.1 Å². The Hall–Kier alpha value is -3.64. The van der Waals surface area contributed by atoms with Crippen molar-refractivity contribution < 1.29 is 9.59 Å². The van der Waals surface area contributed by atoms with Gasteiger partial charge in [-0.25, -0.2) is 0 Å². The first-order valence-electron chi connectivity index (χ1n) is 10.3. The van der Waals surface area contributed by atoms with Crippen LogP contribution in [0.15, 0.2) is 66.7 Å². The lowest BCUT2D eigenvalue weighted by Gasteiger charge is -2.19. The molecule has 0 spiro atoms. The number of carbonyl (C=O) groups excluding carboxylic acids is 2. The van der Waals surface area contributed by atoms with E-state index in [0.29, 0.717) is 28.1 Å². The highest BCUT2D eigenvalue weighted by atomic mass is 35.5. The van der Waals surface area contributed by atoms with Crippen LogP contribution < -0.4 is 16.4 Å². The fraction of sp³-hybridized carbons (Fsp3) is 0.192. The predicted octanol–water partition coefficient (Wildman–Crippen LogP) is 5.50. The smallest absolute Gasteiger partial charge is 0.255 e. The number of amidine groups is 1. The molecule has 0 fully saturated rings. The van der Waals surface area contributed by atoms with Crippen molar-refractivity contribution in [1.29, 1.82) is 5.41 Å². The van der Waals surface area contributed by atoms with Crippen LogP contribution in [0.25, 0.3) is 0 Å². The van der Waals surface area contributed by atoms with E-state index in [-0.39, 0.29) is 35.5 Å². The molecule has 0 aliphatic heterocycles. The number of hydrogen-bond donors (Lipinski definition) is 4. The molecule has 0 radical (unpaired) electrons. The van der Waals surface area contributed by atoms with Crippen molar-refractivity contribution in [3.8, 4) is 0 Å². The maximum absolute atomic E-state index is 12.9. The lowest BCUT2D eigenvalue weighted by molar-refractivity contribution is 0.101. The summed E-state index contributed by atoms with van der Waals surface area (Å²) < 4.78 is 0. The first-order valence-corrected chi connectivity index (χ1v) is 10.3. The van der Waals surface area contributed by atoms with Crippen molar-refractivity contribution in [3.63, 3.8) is 0 Å². The molecule has 6 nitrogen and oxygen atoms in total. The molecule has 2 amide bonds. The molecule has 3 aromatic carbocycles. The number of aryl methyl sites for hydroxylation is 1. The van der Waals surface area contributed by atoms with E-state index in [1.807, 2.05) is 31.2 Å². The second-order valence-corrected chi connectivity index (χ2v) is 8.78. The number of amides is 2. The second kappa shape index (κ2) is 10.3. The molecular weight excluding hydrogens is 436 g/mol. The lowest BCUT2D eigenvalue weighted by Crippen LogP contribution is -2.18. The van der Waals surface area contributed by atoms with Crippen molar-refractivity contribution in [2.45, 2.75) is 33.1 Å². The summed E-state index contributed by atoms with van der Waals surface area (Å²) in [4.78, 5) is 25.6. The molecule has 0 aliphatic rings. The Kier molecular flexibility index (Phi) is 8.01. The zero-order valence-corrected chi connectivity index (χ0v) is 20.0. The van der Waals surface area contributed by atoms with Gasteiger partial charge in [0.05, 0.1) is 11.4 Å². The van der Waals surface area contributed by atoms with Gasteiger partial charge in [-0.2, -0.15) is 0 Å². The van der Waals surface area contributed by atoms with Gasteiger partial charge < -0.3 is 16.4 Å². The SMILES string of the molecule is Cc1ccc(NC(=O)c2cccc(C(=N)N)c2)c(NC(=O)c2ccc(C(C)(C)C)cc2)c1.Cl. The van der Waals surface area contributed by atoms with Crippen LogP contribution in [0.2, 0.25) is 0 Å². The van der Waals surface area contributed by atoms with Gasteiger partial charge in [0, 0.05) is 16.7 Å². The highest BCUT2D eigenvalue weighted by Crippen LogP contribution is 2.26. The molecule has 3 aromatic rings. The highest BCUT2D eigenvalue weighted by molar-refractivity contribution is 6.10. The Morgan fingerprint density at radius 1 is 0.788 bits per heavy atom. The van der Waals surface area contributed by atoms with Crippen LogP contribution in [0.5, 0.6) is 0 Å². The fourth-order valence-electron chi connectivity index (χ4n) is 3.21. The monoisotopic (exact) mass is 464 g/mol. The van der Waals surface area contributed by atoms with Crippen LogP contribution in [0, 0.1) is 12.3 Å². The Labute approximate surface area is 200 Å². The van der Waals surface area contributed by atoms with E-state index in [1.165, 1.54) is 0 Å². The molecule has 0 atom stereocenters. The molecule has 0 aliphatic carbocycles. The number of carbonyl (C=O) groups is 2. The summed E-state index contributed by atoms with van der Waals surface area (Å²) >= 11 is 0. The van der Waals surface area contributed by atoms with Gasteiger partial charge in [-0.1, -0.05) is 51.1 Å². The number of nitrogen functional groups attached to an aromatic ring is 1. The minimum absolute atomic E-state index is 0. The van der Waals surface area contributed by atoms with Crippen molar-refractivity contribution in [3.05, 3.63) is 94.5 Å². The number of benzene rings is 3. The third-order valence-electron chi connectivity index (χ3n) is 5.12. The third kappa shape index (κ3) is 6.43. The van der Waals surface area contributed by atoms with Crippen LogP contribution in [-0.2, 0) is 5.41 Å². The van der Waals surface area contributed by atoms with Crippen LogP contribution in [0.1, 0.15) is 58.2 Å². The molecule has 172 valence electrons. The van der Waals surface area contributed by atoms with E-state index in [2.05, 4.69) is 31.4 Å². The molecule has 3 rings (SSSR count). The standard InChI is InChI=1S/C26H28N4O2.ClH/c1-16-8-13-21(29-25(32)19-7-5-6-18(15-19)23(27)28)22(14-16)30-24(31)17-9-11-20(12-10-17)26(2,3)4;/h5-15H,1-4H3,(H3,27,28)(H,29,32)(H,30,31);1H. The zero-order valence-electron chi connectivity index (χ0n) is 19.2. The predicted molar refractivity (Wildman–Crippen MR) is 137 cm³/mol. The molecule has 0 bridgehead atoms. The second-order valence-electron chi connectivity index (χ2n) is 8.78. The number of rotatable bonds is 5. The Morgan fingerprint density at radius 3 is 1.97 bits per heavy atom. The summed E-state index contributed by atoms with van der Waals surface area (Å²) in [6.07, 6.45) is 0. The molecule has 33 heavy (non-hydrogen) atoms. The Bertz CT molecular complexity index is 1180. The lowest BCUT2D eigenvalue weighted by atomic mass is 9.87. The van der Waals surface area contributed by atoms with E-state index in [9.17, 15) is 9.59 Å². The Balaban J connectivity index is 0.00000385. The van der Waals surface area contributed by atoms with Crippen LogP contribution in [-0.4, -0.2) is 17.6 Å². The van der Waals surface area contributed by atoms with Gasteiger partial charge >= 0.3 is 0 Å². The van der Waals surface area contributed by atoms with Crippen molar-refractivity contribution in [2.24, 2.45) is 5.73 Å².